The summed E-state index contributed by atoms with van der Waals surface area (Å²) < 4.78 is 10.6. The summed E-state index contributed by atoms with van der Waals surface area (Å²) in [6, 6.07) is 6.30. The van der Waals surface area contributed by atoms with Gasteiger partial charge in [-0.15, -0.1) is 0 Å². The van der Waals surface area contributed by atoms with Gasteiger partial charge in [-0.05, 0) is 38.1 Å². The summed E-state index contributed by atoms with van der Waals surface area (Å²) in [5, 5.41) is 0. The Morgan fingerprint density at radius 3 is 2.62 bits per heavy atom. The maximum atomic E-state index is 5.51. The predicted octanol–water partition coefficient (Wildman–Crippen LogP) is 2.43. The first-order valence-electron chi connectivity index (χ1n) is 5.57. The Hall–Kier alpha value is -1.06. The number of benzene rings is 1. The van der Waals surface area contributed by atoms with E-state index in [9.17, 15) is 0 Å². The average molecular weight is 223 g/mol. The van der Waals surface area contributed by atoms with Gasteiger partial charge in [-0.25, -0.2) is 0 Å². The third-order valence-corrected chi connectivity index (χ3v) is 2.34. The van der Waals surface area contributed by atoms with Gasteiger partial charge in [0.15, 0.2) is 0 Å². The highest BCUT2D eigenvalue weighted by molar-refractivity contribution is 5.36. The van der Waals surface area contributed by atoms with Crippen molar-refractivity contribution >= 4 is 0 Å². The van der Waals surface area contributed by atoms with Crippen LogP contribution in [0, 0.1) is 6.92 Å². The van der Waals surface area contributed by atoms with E-state index in [1.807, 2.05) is 20.0 Å². The van der Waals surface area contributed by atoms with Gasteiger partial charge in [0, 0.05) is 13.7 Å². The van der Waals surface area contributed by atoms with E-state index in [1.165, 1.54) is 11.1 Å². The first-order valence-corrected chi connectivity index (χ1v) is 5.57. The molecular weight excluding hydrogens is 202 g/mol. The molecule has 0 atom stereocenters. The zero-order chi connectivity index (χ0) is 12.0. The molecule has 0 unspecified atom stereocenters. The minimum absolute atomic E-state index is 0.645. The van der Waals surface area contributed by atoms with Crippen molar-refractivity contribution in [3.63, 3.8) is 0 Å². The van der Waals surface area contributed by atoms with Gasteiger partial charge in [0.05, 0.1) is 13.3 Å². The molecule has 0 saturated heterocycles. The average Bonchev–Trinajstić information content (AvgIpc) is 2.22. The van der Waals surface area contributed by atoms with E-state index >= 15 is 0 Å². The van der Waals surface area contributed by atoms with Crippen LogP contribution in [0.1, 0.15) is 18.1 Å². The topological polar surface area (TPSA) is 21.7 Å². The van der Waals surface area contributed by atoms with Crippen LogP contribution in [-0.4, -0.2) is 32.4 Å². The standard InChI is InChI=1S/C13H21NO2/c1-5-16-13-7-6-12(8-11(13)2)9-14(3)10-15-4/h6-8H,5,9-10H2,1-4H3. The van der Waals surface area contributed by atoms with Gasteiger partial charge < -0.3 is 9.47 Å². The summed E-state index contributed by atoms with van der Waals surface area (Å²) in [5.41, 5.74) is 2.46. The van der Waals surface area contributed by atoms with Gasteiger partial charge >= 0.3 is 0 Å². The molecule has 0 amide bonds. The fraction of sp³-hybridized carbons (Fsp3) is 0.538. The molecule has 0 fully saturated rings. The molecule has 0 heterocycles. The van der Waals surface area contributed by atoms with E-state index in [-0.39, 0.29) is 0 Å². The molecule has 0 aliphatic rings. The third-order valence-electron chi connectivity index (χ3n) is 2.34. The second kappa shape index (κ2) is 6.51. The van der Waals surface area contributed by atoms with Crippen LogP contribution >= 0.6 is 0 Å². The van der Waals surface area contributed by atoms with Crippen LogP contribution in [0.15, 0.2) is 18.2 Å². The van der Waals surface area contributed by atoms with E-state index in [0.29, 0.717) is 13.3 Å². The third kappa shape index (κ3) is 3.83. The van der Waals surface area contributed by atoms with E-state index in [0.717, 1.165) is 12.3 Å². The lowest BCUT2D eigenvalue weighted by molar-refractivity contribution is 0.0771. The van der Waals surface area contributed by atoms with Crippen molar-refractivity contribution in [3.8, 4) is 5.75 Å². The molecule has 0 N–H and O–H groups in total. The molecule has 0 bridgehead atoms. The van der Waals surface area contributed by atoms with Crippen LogP contribution < -0.4 is 4.74 Å². The van der Waals surface area contributed by atoms with Crippen molar-refractivity contribution in [1.82, 2.24) is 4.90 Å². The molecule has 0 spiro atoms. The molecule has 0 aromatic heterocycles. The maximum absolute atomic E-state index is 5.51. The highest BCUT2D eigenvalue weighted by atomic mass is 16.5. The number of ether oxygens (including phenoxy) is 2. The fourth-order valence-corrected chi connectivity index (χ4v) is 1.71. The van der Waals surface area contributed by atoms with Crippen molar-refractivity contribution < 1.29 is 9.47 Å². The zero-order valence-corrected chi connectivity index (χ0v) is 10.6. The van der Waals surface area contributed by atoms with Crippen LogP contribution in [0.25, 0.3) is 0 Å². The number of hydrogen-bond acceptors (Lipinski definition) is 3. The van der Waals surface area contributed by atoms with Gasteiger partial charge in [-0.2, -0.15) is 0 Å². The molecule has 1 aromatic carbocycles. The number of hydrogen-bond donors (Lipinski definition) is 0. The molecule has 16 heavy (non-hydrogen) atoms. The summed E-state index contributed by atoms with van der Waals surface area (Å²) in [4.78, 5) is 2.12. The maximum Gasteiger partial charge on any atom is 0.122 e. The molecule has 3 nitrogen and oxygen atoms in total. The number of methoxy groups -OCH3 is 1. The highest BCUT2D eigenvalue weighted by Gasteiger charge is 2.03. The lowest BCUT2D eigenvalue weighted by atomic mass is 10.1. The second-order valence-corrected chi connectivity index (χ2v) is 3.96. The van der Waals surface area contributed by atoms with Gasteiger partial charge in [-0.1, -0.05) is 12.1 Å². The van der Waals surface area contributed by atoms with Crippen molar-refractivity contribution in [2.75, 3.05) is 27.5 Å². The Bertz CT molecular complexity index is 326. The summed E-state index contributed by atoms with van der Waals surface area (Å²) in [6.45, 7) is 6.32. The lowest BCUT2D eigenvalue weighted by Crippen LogP contribution is -2.20. The lowest BCUT2D eigenvalue weighted by Gasteiger charge is -2.16. The fourth-order valence-electron chi connectivity index (χ4n) is 1.71. The van der Waals surface area contributed by atoms with E-state index in [2.05, 4.69) is 24.0 Å². The largest absolute Gasteiger partial charge is 0.494 e. The van der Waals surface area contributed by atoms with Crippen molar-refractivity contribution in [2.45, 2.75) is 20.4 Å². The van der Waals surface area contributed by atoms with Crippen LogP contribution in [0.3, 0.4) is 0 Å². The van der Waals surface area contributed by atoms with Gasteiger partial charge in [0.25, 0.3) is 0 Å². The number of rotatable bonds is 6. The Labute approximate surface area is 98.0 Å². The summed E-state index contributed by atoms with van der Waals surface area (Å²) in [7, 11) is 3.75. The number of aryl methyl sites for hydroxylation is 1. The summed E-state index contributed by atoms with van der Waals surface area (Å²) in [5.74, 6) is 0.973. The Morgan fingerprint density at radius 1 is 1.31 bits per heavy atom. The monoisotopic (exact) mass is 223 g/mol. The van der Waals surface area contributed by atoms with Crippen LogP contribution in [0.2, 0.25) is 0 Å². The van der Waals surface area contributed by atoms with Gasteiger partial charge in [0.2, 0.25) is 0 Å². The predicted molar refractivity (Wildman–Crippen MR) is 65.7 cm³/mol. The number of nitrogens with zero attached hydrogens (tertiary/aromatic N) is 1. The van der Waals surface area contributed by atoms with E-state index in [1.54, 1.807) is 7.11 Å². The molecule has 90 valence electrons. The Morgan fingerprint density at radius 2 is 2.06 bits per heavy atom. The van der Waals surface area contributed by atoms with Crippen molar-refractivity contribution in [2.24, 2.45) is 0 Å². The van der Waals surface area contributed by atoms with E-state index in [4.69, 9.17) is 9.47 Å². The minimum Gasteiger partial charge on any atom is -0.494 e. The molecule has 0 saturated carbocycles. The normalized spacial score (nSPS) is 10.8. The summed E-state index contributed by atoms with van der Waals surface area (Å²) >= 11 is 0. The summed E-state index contributed by atoms with van der Waals surface area (Å²) in [6.07, 6.45) is 0. The first-order chi connectivity index (χ1) is 7.67. The molecular formula is C13H21NO2. The van der Waals surface area contributed by atoms with Crippen molar-refractivity contribution in [3.05, 3.63) is 29.3 Å². The minimum atomic E-state index is 0.645. The van der Waals surface area contributed by atoms with Gasteiger partial charge in [-0.3, -0.25) is 4.90 Å². The molecule has 1 rings (SSSR count). The molecule has 0 aliphatic carbocycles. The Balaban J connectivity index is 2.65. The van der Waals surface area contributed by atoms with Crippen LogP contribution in [-0.2, 0) is 11.3 Å². The van der Waals surface area contributed by atoms with Crippen LogP contribution in [0.5, 0.6) is 5.75 Å². The first kappa shape index (κ1) is 13.0. The molecule has 1 aromatic rings. The molecule has 3 heteroatoms. The second-order valence-electron chi connectivity index (χ2n) is 3.96. The molecule has 0 radical (unpaired) electrons. The smallest absolute Gasteiger partial charge is 0.122 e. The van der Waals surface area contributed by atoms with Crippen molar-refractivity contribution in [1.29, 1.82) is 0 Å². The Kier molecular flexibility index (Phi) is 5.29. The van der Waals surface area contributed by atoms with Crippen LogP contribution in [0.4, 0.5) is 0 Å². The van der Waals surface area contributed by atoms with Gasteiger partial charge in [0.1, 0.15) is 5.75 Å². The quantitative estimate of drug-likeness (QED) is 0.691. The van der Waals surface area contributed by atoms with E-state index < -0.39 is 0 Å². The molecule has 0 aliphatic heterocycles. The highest BCUT2D eigenvalue weighted by Crippen LogP contribution is 2.19. The SMILES string of the molecule is CCOc1ccc(CN(C)COC)cc1C. The zero-order valence-electron chi connectivity index (χ0n) is 10.6.